The Kier molecular flexibility index (Phi) is 4.12. The molecule has 2 N–H and O–H groups in total. The van der Waals surface area contributed by atoms with Crippen molar-refractivity contribution in [1.82, 2.24) is 4.98 Å². The lowest BCUT2D eigenvalue weighted by Crippen LogP contribution is -2.01. The van der Waals surface area contributed by atoms with E-state index in [1.807, 2.05) is 0 Å². The van der Waals surface area contributed by atoms with Crippen LogP contribution in [-0.2, 0) is 13.2 Å². The first kappa shape index (κ1) is 12.8. The minimum absolute atomic E-state index is 0.107. The van der Waals surface area contributed by atoms with Crippen molar-refractivity contribution in [3.8, 4) is 5.75 Å². The van der Waals surface area contributed by atoms with Gasteiger partial charge >= 0.3 is 0 Å². The van der Waals surface area contributed by atoms with E-state index in [4.69, 9.17) is 22.1 Å². The molecule has 0 atom stereocenters. The molecular weight excluding hydrogens is 255 g/mol. The largest absolute Gasteiger partial charge is 0.487 e. The van der Waals surface area contributed by atoms with Crippen LogP contribution in [0, 0.1) is 5.82 Å². The summed E-state index contributed by atoms with van der Waals surface area (Å²) >= 11 is 5.79. The van der Waals surface area contributed by atoms with Gasteiger partial charge in [-0.1, -0.05) is 11.6 Å². The standard InChI is InChI=1S/C13H12ClFN2O/c14-10-1-4-13(15)9(5-10)8-18-12-3-2-11(6-16)17-7-12/h1-5,7H,6,8,16H2. The predicted octanol–water partition coefficient (Wildman–Crippen LogP) is 2.91. The van der Waals surface area contributed by atoms with Gasteiger partial charge in [0.25, 0.3) is 0 Å². The molecule has 2 aromatic rings. The fraction of sp³-hybridized carbons (Fsp3) is 0.154. The molecule has 1 aromatic heterocycles. The normalized spacial score (nSPS) is 10.4. The zero-order valence-corrected chi connectivity index (χ0v) is 10.3. The number of benzene rings is 1. The molecule has 0 saturated heterocycles. The fourth-order valence-electron chi connectivity index (χ4n) is 1.43. The molecule has 0 unspecified atom stereocenters. The number of hydrogen-bond donors (Lipinski definition) is 1. The van der Waals surface area contributed by atoms with Crippen LogP contribution in [0.2, 0.25) is 5.02 Å². The van der Waals surface area contributed by atoms with Gasteiger partial charge in [0.1, 0.15) is 18.2 Å². The SMILES string of the molecule is NCc1ccc(OCc2cc(Cl)ccc2F)cn1. The summed E-state index contributed by atoms with van der Waals surface area (Å²) < 4.78 is 18.8. The molecule has 0 bridgehead atoms. The summed E-state index contributed by atoms with van der Waals surface area (Å²) in [7, 11) is 0. The van der Waals surface area contributed by atoms with E-state index in [0.717, 1.165) is 5.69 Å². The number of hydrogen-bond acceptors (Lipinski definition) is 3. The van der Waals surface area contributed by atoms with Gasteiger partial charge in [-0.05, 0) is 30.3 Å². The van der Waals surface area contributed by atoms with E-state index in [-0.39, 0.29) is 12.4 Å². The minimum Gasteiger partial charge on any atom is -0.487 e. The highest BCUT2D eigenvalue weighted by atomic mass is 35.5. The highest BCUT2D eigenvalue weighted by molar-refractivity contribution is 6.30. The summed E-state index contributed by atoms with van der Waals surface area (Å²) in [5.74, 6) is 0.220. The molecule has 2 rings (SSSR count). The maximum absolute atomic E-state index is 13.4. The zero-order valence-electron chi connectivity index (χ0n) is 9.57. The van der Waals surface area contributed by atoms with Crippen LogP contribution in [0.4, 0.5) is 4.39 Å². The Balaban J connectivity index is 2.04. The third-order valence-electron chi connectivity index (χ3n) is 2.41. The Morgan fingerprint density at radius 2 is 2.11 bits per heavy atom. The van der Waals surface area contributed by atoms with E-state index >= 15 is 0 Å². The van der Waals surface area contributed by atoms with Crippen LogP contribution < -0.4 is 10.5 Å². The molecule has 1 aromatic carbocycles. The van der Waals surface area contributed by atoms with Gasteiger partial charge in [-0.2, -0.15) is 0 Å². The lowest BCUT2D eigenvalue weighted by molar-refractivity contribution is 0.298. The zero-order chi connectivity index (χ0) is 13.0. The van der Waals surface area contributed by atoms with Crippen molar-refractivity contribution in [3.63, 3.8) is 0 Å². The van der Waals surface area contributed by atoms with Crippen LogP contribution in [-0.4, -0.2) is 4.98 Å². The van der Waals surface area contributed by atoms with Gasteiger partial charge in [-0.3, -0.25) is 4.98 Å². The summed E-state index contributed by atoms with van der Waals surface area (Å²) in [6, 6.07) is 7.87. The van der Waals surface area contributed by atoms with Gasteiger partial charge in [-0.15, -0.1) is 0 Å². The molecular formula is C13H12ClFN2O. The number of aromatic nitrogens is 1. The first-order valence-electron chi connectivity index (χ1n) is 5.41. The van der Waals surface area contributed by atoms with E-state index in [0.29, 0.717) is 22.9 Å². The molecule has 0 aliphatic rings. The smallest absolute Gasteiger partial charge is 0.138 e. The lowest BCUT2D eigenvalue weighted by Gasteiger charge is -2.07. The quantitative estimate of drug-likeness (QED) is 0.926. The van der Waals surface area contributed by atoms with Crippen LogP contribution in [0.15, 0.2) is 36.5 Å². The van der Waals surface area contributed by atoms with E-state index in [9.17, 15) is 4.39 Å². The molecule has 0 spiro atoms. The minimum atomic E-state index is -0.342. The van der Waals surface area contributed by atoms with Crippen molar-refractivity contribution < 1.29 is 9.13 Å². The highest BCUT2D eigenvalue weighted by Gasteiger charge is 2.04. The van der Waals surface area contributed by atoms with E-state index in [1.165, 1.54) is 12.1 Å². The number of nitrogens with zero attached hydrogens (tertiary/aromatic N) is 1. The van der Waals surface area contributed by atoms with Crippen LogP contribution >= 0.6 is 11.6 Å². The number of nitrogens with two attached hydrogens (primary N) is 1. The van der Waals surface area contributed by atoms with E-state index in [2.05, 4.69) is 4.98 Å². The summed E-state index contributed by atoms with van der Waals surface area (Å²) in [5.41, 5.74) is 6.62. The molecule has 0 radical (unpaired) electrons. The van der Waals surface area contributed by atoms with E-state index in [1.54, 1.807) is 24.4 Å². The molecule has 1 heterocycles. The number of halogens is 2. The highest BCUT2D eigenvalue weighted by Crippen LogP contribution is 2.17. The van der Waals surface area contributed by atoms with Crippen molar-refractivity contribution in [2.24, 2.45) is 5.73 Å². The second-order valence-corrected chi connectivity index (χ2v) is 4.15. The number of rotatable bonds is 4. The summed E-state index contributed by atoms with van der Waals surface area (Å²) in [6.45, 7) is 0.485. The number of ether oxygens (including phenoxy) is 1. The van der Waals surface area contributed by atoms with Crippen LogP contribution in [0.25, 0.3) is 0 Å². The van der Waals surface area contributed by atoms with Gasteiger partial charge in [0.2, 0.25) is 0 Å². The topological polar surface area (TPSA) is 48.1 Å². The molecule has 18 heavy (non-hydrogen) atoms. The van der Waals surface area contributed by atoms with Crippen molar-refractivity contribution in [3.05, 3.63) is 58.6 Å². The third kappa shape index (κ3) is 3.18. The molecule has 0 aliphatic heterocycles. The molecule has 5 heteroatoms. The third-order valence-corrected chi connectivity index (χ3v) is 2.64. The van der Waals surface area contributed by atoms with Crippen molar-refractivity contribution >= 4 is 11.6 Å². The Labute approximate surface area is 109 Å². The average Bonchev–Trinajstić information content (AvgIpc) is 2.40. The predicted molar refractivity (Wildman–Crippen MR) is 67.9 cm³/mol. The van der Waals surface area contributed by atoms with Gasteiger partial charge in [-0.25, -0.2) is 4.39 Å². The fourth-order valence-corrected chi connectivity index (χ4v) is 1.63. The van der Waals surface area contributed by atoms with Gasteiger partial charge in [0.05, 0.1) is 11.9 Å². The number of pyridine rings is 1. The first-order chi connectivity index (χ1) is 8.69. The Bertz CT molecular complexity index is 531. The molecule has 0 fully saturated rings. The monoisotopic (exact) mass is 266 g/mol. The second kappa shape index (κ2) is 5.80. The van der Waals surface area contributed by atoms with Gasteiger partial charge in [0, 0.05) is 17.1 Å². The summed E-state index contributed by atoms with van der Waals surface area (Å²) in [5, 5.41) is 0.478. The van der Waals surface area contributed by atoms with Crippen molar-refractivity contribution in [1.29, 1.82) is 0 Å². The van der Waals surface area contributed by atoms with Gasteiger partial charge in [0.15, 0.2) is 0 Å². The van der Waals surface area contributed by atoms with Crippen LogP contribution in [0.5, 0.6) is 5.75 Å². The average molecular weight is 267 g/mol. The first-order valence-corrected chi connectivity index (χ1v) is 5.78. The van der Waals surface area contributed by atoms with Crippen molar-refractivity contribution in [2.45, 2.75) is 13.2 Å². The van der Waals surface area contributed by atoms with Crippen LogP contribution in [0.1, 0.15) is 11.3 Å². The summed E-state index contributed by atoms with van der Waals surface area (Å²) in [4.78, 5) is 4.08. The Morgan fingerprint density at radius 3 is 2.78 bits per heavy atom. The Hall–Kier alpha value is -1.65. The second-order valence-electron chi connectivity index (χ2n) is 3.71. The maximum atomic E-state index is 13.4. The molecule has 0 aliphatic carbocycles. The maximum Gasteiger partial charge on any atom is 0.138 e. The molecule has 0 amide bonds. The lowest BCUT2D eigenvalue weighted by atomic mass is 10.2. The van der Waals surface area contributed by atoms with Crippen molar-refractivity contribution in [2.75, 3.05) is 0 Å². The summed E-state index contributed by atoms with van der Waals surface area (Å²) in [6.07, 6.45) is 1.56. The molecule has 0 saturated carbocycles. The van der Waals surface area contributed by atoms with E-state index < -0.39 is 0 Å². The van der Waals surface area contributed by atoms with Crippen LogP contribution in [0.3, 0.4) is 0 Å². The Morgan fingerprint density at radius 1 is 1.28 bits per heavy atom. The molecule has 94 valence electrons. The molecule has 3 nitrogen and oxygen atoms in total. The van der Waals surface area contributed by atoms with Gasteiger partial charge < -0.3 is 10.5 Å².